The summed E-state index contributed by atoms with van der Waals surface area (Å²) < 4.78 is 10.1. The van der Waals surface area contributed by atoms with Crippen LogP contribution in [-0.4, -0.2) is 69.0 Å². The summed E-state index contributed by atoms with van der Waals surface area (Å²) >= 11 is 0. The maximum absolute atomic E-state index is 11.6. The number of carbonyl (C=O) groups is 2. The highest BCUT2D eigenvalue weighted by molar-refractivity contribution is 5.70. The summed E-state index contributed by atoms with van der Waals surface area (Å²) in [6.45, 7) is 3.51. The molecule has 8 heteroatoms. The maximum atomic E-state index is 11.6. The second-order valence-electron chi connectivity index (χ2n) is 5.37. The predicted molar refractivity (Wildman–Crippen MR) is 73.6 cm³/mol. The van der Waals surface area contributed by atoms with Gasteiger partial charge in [-0.3, -0.25) is 9.59 Å². The van der Waals surface area contributed by atoms with Crippen LogP contribution in [0, 0.1) is 0 Å². The van der Waals surface area contributed by atoms with E-state index in [0.717, 1.165) is 0 Å². The fourth-order valence-electron chi connectivity index (χ4n) is 2.28. The highest BCUT2D eigenvalue weighted by atomic mass is 16.6. The molecule has 1 rings (SSSR count). The normalized spacial score (nSPS) is 35.0. The van der Waals surface area contributed by atoms with Crippen LogP contribution in [0.1, 0.15) is 39.5 Å². The Morgan fingerprint density at radius 2 is 1.05 bits per heavy atom. The van der Waals surface area contributed by atoms with Crippen LogP contribution in [-0.2, 0) is 19.1 Å². The molecule has 0 amide bonds. The smallest absolute Gasteiger partial charge is 0.306 e. The lowest BCUT2D eigenvalue weighted by Gasteiger charge is -2.42. The van der Waals surface area contributed by atoms with Crippen LogP contribution < -0.4 is 0 Å². The minimum atomic E-state index is -1.71. The first-order valence-electron chi connectivity index (χ1n) is 7.44. The molecule has 4 N–H and O–H groups in total. The van der Waals surface area contributed by atoms with Gasteiger partial charge in [0.2, 0.25) is 0 Å². The van der Waals surface area contributed by atoms with Crippen LogP contribution >= 0.6 is 0 Å². The van der Waals surface area contributed by atoms with Crippen molar-refractivity contribution in [2.75, 3.05) is 0 Å². The van der Waals surface area contributed by atoms with Crippen molar-refractivity contribution in [1.82, 2.24) is 0 Å². The Bertz CT molecular complexity index is 349. The number of hydrogen-bond acceptors (Lipinski definition) is 8. The van der Waals surface area contributed by atoms with Gasteiger partial charge in [-0.2, -0.15) is 0 Å². The summed E-state index contributed by atoms with van der Waals surface area (Å²) in [4.78, 5) is 23.2. The van der Waals surface area contributed by atoms with Gasteiger partial charge in [0.05, 0.1) is 0 Å². The lowest BCUT2D eigenvalue weighted by atomic mass is 9.84. The molecule has 0 aliphatic heterocycles. The maximum Gasteiger partial charge on any atom is 0.306 e. The number of rotatable bonds is 6. The fourth-order valence-corrected chi connectivity index (χ4v) is 2.28. The van der Waals surface area contributed by atoms with Gasteiger partial charge < -0.3 is 29.9 Å². The quantitative estimate of drug-likeness (QED) is 0.452. The Hall–Kier alpha value is -1.22. The molecule has 0 saturated heterocycles. The third-order valence-corrected chi connectivity index (χ3v) is 3.49. The molecule has 0 spiro atoms. The number of ether oxygens (including phenoxy) is 2. The van der Waals surface area contributed by atoms with Gasteiger partial charge in [0.25, 0.3) is 0 Å². The average Bonchev–Trinajstić information content (AvgIpc) is 2.47. The second-order valence-corrected chi connectivity index (χ2v) is 5.37. The van der Waals surface area contributed by atoms with Crippen molar-refractivity contribution in [2.45, 2.75) is 76.2 Å². The summed E-state index contributed by atoms with van der Waals surface area (Å²) in [5.74, 6) is -1.31. The van der Waals surface area contributed by atoms with Gasteiger partial charge in [0, 0.05) is 12.8 Å². The van der Waals surface area contributed by atoms with Crippen molar-refractivity contribution < 1.29 is 39.5 Å². The molecule has 1 saturated carbocycles. The molecule has 0 aromatic carbocycles. The monoisotopic (exact) mass is 320 g/mol. The van der Waals surface area contributed by atoms with E-state index in [1.54, 1.807) is 13.8 Å². The largest absolute Gasteiger partial charge is 0.455 e. The molecule has 0 unspecified atom stereocenters. The molecule has 0 radical (unpaired) electrons. The van der Waals surface area contributed by atoms with Crippen molar-refractivity contribution in [2.24, 2.45) is 0 Å². The topological polar surface area (TPSA) is 134 Å². The molecule has 1 aliphatic carbocycles. The summed E-state index contributed by atoms with van der Waals surface area (Å²) in [5.41, 5.74) is 0. The van der Waals surface area contributed by atoms with Crippen LogP contribution in [0.25, 0.3) is 0 Å². The molecule has 0 aromatic rings. The molecule has 0 aromatic heterocycles. The van der Waals surface area contributed by atoms with Crippen LogP contribution in [0.4, 0.5) is 0 Å². The van der Waals surface area contributed by atoms with Crippen molar-refractivity contribution >= 4 is 11.9 Å². The molecule has 8 nitrogen and oxygen atoms in total. The SMILES string of the molecule is CCCC(=O)O[C@H]1[C@H](O)[C@@H](O)[C@H](O)[C@H](O)[C@@H]1OC(=O)CCC. The predicted octanol–water partition coefficient (Wildman–Crippen LogP) is -1.13. The molecule has 128 valence electrons. The van der Waals surface area contributed by atoms with Gasteiger partial charge in [0.15, 0.2) is 12.2 Å². The fraction of sp³-hybridized carbons (Fsp3) is 0.857. The Morgan fingerprint density at radius 3 is 1.32 bits per heavy atom. The van der Waals surface area contributed by atoms with Gasteiger partial charge in [0.1, 0.15) is 24.4 Å². The van der Waals surface area contributed by atoms with E-state index in [1.807, 2.05) is 0 Å². The van der Waals surface area contributed by atoms with E-state index in [4.69, 9.17) is 9.47 Å². The molecule has 6 atom stereocenters. The standard InChI is InChI=1S/C14H24O8/c1-3-5-7(15)21-13-11(19)9(17)10(18)12(20)14(13)22-8(16)6-4-2/h9-14,17-20H,3-6H2,1-2H3/t9-,10-,11-,12+,13-,14-/m0/s1. The lowest BCUT2D eigenvalue weighted by Crippen LogP contribution is -2.65. The van der Waals surface area contributed by atoms with E-state index in [-0.39, 0.29) is 12.8 Å². The van der Waals surface area contributed by atoms with E-state index >= 15 is 0 Å². The second kappa shape index (κ2) is 8.42. The van der Waals surface area contributed by atoms with Gasteiger partial charge in [-0.1, -0.05) is 13.8 Å². The molecule has 1 aliphatic rings. The summed E-state index contributed by atoms with van der Waals surface area (Å²) in [6.07, 6.45) is -8.46. The van der Waals surface area contributed by atoms with Crippen molar-refractivity contribution in [3.63, 3.8) is 0 Å². The van der Waals surface area contributed by atoms with Gasteiger partial charge >= 0.3 is 11.9 Å². The number of carbonyl (C=O) groups excluding carboxylic acids is 2. The van der Waals surface area contributed by atoms with Crippen LogP contribution in [0.3, 0.4) is 0 Å². The Morgan fingerprint density at radius 1 is 0.727 bits per heavy atom. The summed E-state index contributed by atoms with van der Waals surface area (Å²) in [6, 6.07) is 0. The first-order valence-corrected chi connectivity index (χ1v) is 7.44. The van der Waals surface area contributed by atoms with Gasteiger partial charge in [-0.05, 0) is 12.8 Å². The Kier molecular flexibility index (Phi) is 7.21. The zero-order chi connectivity index (χ0) is 16.9. The van der Waals surface area contributed by atoms with Crippen molar-refractivity contribution in [1.29, 1.82) is 0 Å². The summed E-state index contributed by atoms with van der Waals surface area (Å²) in [5, 5.41) is 39.3. The molecular weight excluding hydrogens is 296 g/mol. The van der Waals surface area contributed by atoms with Gasteiger partial charge in [-0.25, -0.2) is 0 Å². The van der Waals surface area contributed by atoms with Crippen molar-refractivity contribution in [3.8, 4) is 0 Å². The molecular formula is C14H24O8. The zero-order valence-electron chi connectivity index (χ0n) is 12.7. The van der Waals surface area contributed by atoms with Crippen molar-refractivity contribution in [3.05, 3.63) is 0 Å². The first-order chi connectivity index (χ1) is 10.3. The van der Waals surface area contributed by atoms with Crippen LogP contribution in [0.15, 0.2) is 0 Å². The third kappa shape index (κ3) is 4.39. The number of aliphatic hydroxyl groups is 4. The minimum Gasteiger partial charge on any atom is -0.455 e. The lowest BCUT2D eigenvalue weighted by molar-refractivity contribution is -0.241. The van der Waals surface area contributed by atoms with E-state index in [2.05, 4.69) is 0 Å². The van der Waals surface area contributed by atoms with Crippen LogP contribution in [0.5, 0.6) is 0 Å². The molecule has 0 bridgehead atoms. The average molecular weight is 320 g/mol. The van der Waals surface area contributed by atoms with E-state index < -0.39 is 48.6 Å². The highest BCUT2D eigenvalue weighted by Gasteiger charge is 2.52. The van der Waals surface area contributed by atoms with Crippen LogP contribution in [0.2, 0.25) is 0 Å². The van der Waals surface area contributed by atoms with E-state index in [0.29, 0.717) is 12.8 Å². The van der Waals surface area contributed by atoms with Gasteiger partial charge in [-0.15, -0.1) is 0 Å². The zero-order valence-corrected chi connectivity index (χ0v) is 12.7. The molecule has 1 fully saturated rings. The molecule has 22 heavy (non-hydrogen) atoms. The molecule has 0 heterocycles. The Labute approximate surface area is 128 Å². The number of hydrogen-bond donors (Lipinski definition) is 4. The number of esters is 2. The Balaban J connectivity index is 2.91. The first kappa shape index (κ1) is 18.8. The summed E-state index contributed by atoms with van der Waals surface area (Å²) in [7, 11) is 0. The van der Waals surface area contributed by atoms with E-state index in [9.17, 15) is 30.0 Å². The number of aliphatic hydroxyl groups excluding tert-OH is 4. The third-order valence-electron chi connectivity index (χ3n) is 3.49. The van der Waals surface area contributed by atoms with E-state index in [1.165, 1.54) is 0 Å². The highest BCUT2D eigenvalue weighted by Crippen LogP contribution is 2.27. The minimum absolute atomic E-state index is 0.0770.